The number of piperidine rings is 1. The van der Waals surface area contributed by atoms with E-state index >= 15 is 0 Å². The van der Waals surface area contributed by atoms with Crippen molar-refractivity contribution in [3.05, 3.63) is 0 Å². The zero-order valence-corrected chi connectivity index (χ0v) is 9.42. The molecule has 1 amide bonds. The Morgan fingerprint density at radius 1 is 1.20 bits per heavy atom. The Kier molecular flexibility index (Phi) is 2.81. The van der Waals surface area contributed by atoms with Crippen molar-refractivity contribution < 1.29 is 9.59 Å². The zero-order chi connectivity index (χ0) is 10.9. The highest BCUT2D eigenvalue weighted by Gasteiger charge is 2.39. The predicted molar refractivity (Wildman–Crippen MR) is 57.4 cm³/mol. The molecule has 2 rings (SSSR count). The van der Waals surface area contributed by atoms with Gasteiger partial charge in [0.15, 0.2) is 0 Å². The summed E-state index contributed by atoms with van der Waals surface area (Å²) in [5.74, 6) is 0.586. The average molecular weight is 209 g/mol. The maximum atomic E-state index is 12.2. The van der Waals surface area contributed by atoms with Gasteiger partial charge >= 0.3 is 0 Å². The van der Waals surface area contributed by atoms with E-state index < -0.39 is 0 Å². The molecular formula is C12H19NO2. The van der Waals surface area contributed by atoms with Crippen LogP contribution in [0.5, 0.6) is 0 Å². The molecule has 0 N–H and O–H groups in total. The fourth-order valence-corrected chi connectivity index (χ4v) is 2.71. The van der Waals surface area contributed by atoms with E-state index in [1.807, 2.05) is 4.90 Å². The van der Waals surface area contributed by atoms with Crippen molar-refractivity contribution in [3.8, 4) is 0 Å². The highest BCUT2D eigenvalue weighted by Crippen LogP contribution is 2.39. The number of rotatable bonds is 1. The summed E-state index contributed by atoms with van der Waals surface area (Å²) in [6.45, 7) is 3.37. The molecule has 0 radical (unpaired) electrons. The van der Waals surface area contributed by atoms with E-state index in [1.54, 1.807) is 0 Å². The van der Waals surface area contributed by atoms with Crippen LogP contribution in [-0.2, 0) is 9.59 Å². The Labute approximate surface area is 90.8 Å². The molecule has 0 atom stereocenters. The second-order valence-corrected chi connectivity index (χ2v) is 5.10. The van der Waals surface area contributed by atoms with E-state index in [1.165, 1.54) is 12.8 Å². The number of ketones is 1. The number of hydrogen-bond donors (Lipinski definition) is 0. The molecule has 1 heterocycles. The summed E-state index contributed by atoms with van der Waals surface area (Å²) in [4.78, 5) is 25.2. The largest absolute Gasteiger partial charge is 0.341 e. The third-order valence-electron chi connectivity index (χ3n) is 3.83. The second kappa shape index (κ2) is 3.95. The van der Waals surface area contributed by atoms with Gasteiger partial charge in [-0.25, -0.2) is 0 Å². The lowest BCUT2D eigenvalue weighted by atomic mass is 9.86. The summed E-state index contributed by atoms with van der Waals surface area (Å²) in [6, 6.07) is 0. The molecule has 0 unspecified atom stereocenters. The van der Waals surface area contributed by atoms with E-state index in [0.29, 0.717) is 31.7 Å². The highest BCUT2D eigenvalue weighted by molar-refractivity contribution is 5.86. The topological polar surface area (TPSA) is 37.4 Å². The van der Waals surface area contributed by atoms with Gasteiger partial charge in [0.2, 0.25) is 5.91 Å². The van der Waals surface area contributed by atoms with E-state index in [0.717, 1.165) is 12.8 Å². The molecule has 0 spiro atoms. The maximum absolute atomic E-state index is 12.2. The third kappa shape index (κ3) is 2.06. The first-order valence-corrected chi connectivity index (χ1v) is 5.93. The Hall–Kier alpha value is -0.860. The Balaban J connectivity index is 1.98. The summed E-state index contributed by atoms with van der Waals surface area (Å²) in [6.07, 6.45) is 5.51. The normalized spacial score (nSPS) is 25.7. The number of Topliss-reactive ketones (excluding diaryl/α,β-unsaturated/α-hetero) is 1. The first-order chi connectivity index (χ1) is 7.12. The van der Waals surface area contributed by atoms with Gasteiger partial charge in [0.25, 0.3) is 0 Å². The molecule has 0 bridgehead atoms. The maximum Gasteiger partial charge on any atom is 0.228 e. The van der Waals surface area contributed by atoms with Gasteiger partial charge in [-0.1, -0.05) is 19.8 Å². The van der Waals surface area contributed by atoms with Crippen LogP contribution in [0.1, 0.15) is 45.4 Å². The van der Waals surface area contributed by atoms with E-state index in [4.69, 9.17) is 0 Å². The summed E-state index contributed by atoms with van der Waals surface area (Å²) >= 11 is 0. The average Bonchev–Trinajstić information content (AvgIpc) is 2.67. The fraction of sp³-hybridized carbons (Fsp3) is 0.833. The van der Waals surface area contributed by atoms with Crippen molar-refractivity contribution in [1.29, 1.82) is 0 Å². The molecule has 1 saturated heterocycles. The Morgan fingerprint density at radius 2 is 1.73 bits per heavy atom. The van der Waals surface area contributed by atoms with Crippen LogP contribution in [0.3, 0.4) is 0 Å². The number of hydrogen-bond acceptors (Lipinski definition) is 2. The van der Waals surface area contributed by atoms with Crippen molar-refractivity contribution in [1.82, 2.24) is 4.90 Å². The number of nitrogens with zero attached hydrogens (tertiary/aromatic N) is 1. The molecule has 15 heavy (non-hydrogen) atoms. The standard InChI is InChI=1S/C12H19NO2/c1-12(6-2-3-7-12)11(15)13-8-4-10(14)5-9-13/h2-9H2,1H3. The van der Waals surface area contributed by atoms with Crippen molar-refractivity contribution in [2.75, 3.05) is 13.1 Å². The van der Waals surface area contributed by atoms with Crippen LogP contribution < -0.4 is 0 Å². The molecule has 3 nitrogen and oxygen atoms in total. The molecule has 0 aromatic carbocycles. The molecule has 3 heteroatoms. The molecule has 0 aromatic rings. The lowest BCUT2D eigenvalue weighted by molar-refractivity contribution is -0.143. The van der Waals surface area contributed by atoms with Gasteiger partial charge in [-0.05, 0) is 12.8 Å². The van der Waals surface area contributed by atoms with Crippen LogP contribution in [0, 0.1) is 5.41 Å². The zero-order valence-electron chi connectivity index (χ0n) is 9.42. The van der Waals surface area contributed by atoms with Crippen molar-refractivity contribution >= 4 is 11.7 Å². The lowest BCUT2D eigenvalue weighted by Crippen LogP contribution is -2.45. The van der Waals surface area contributed by atoms with Crippen LogP contribution in [0.4, 0.5) is 0 Å². The summed E-state index contributed by atoms with van der Waals surface area (Å²) in [5.41, 5.74) is -0.125. The van der Waals surface area contributed by atoms with E-state index in [2.05, 4.69) is 6.92 Å². The van der Waals surface area contributed by atoms with Gasteiger partial charge in [0.1, 0.15) is 5.78 Å². The van der Waals surface area contributed by atoms with Gasteiger partial charge < -0.3 is 4.90 Å². The van der Waals surface area contributed by atoms with Gasteiger partial charge in [-0.3, -0.25) is 9.59 Å². The highest BCUT2D eigenvalue weighted by atomic mass is 16.2. The van der Waals surface area contributed by atoms with Crippen molar-refractivity contribution in [3.63, 3.8) is 0 Å². The second-order valence-electron chi connectivity index (χ2n) is 5.10. The van der Waals surface area contributed by atoms with Crippen LogP contribution >= 0.6 is 0 Å². The Bertz CT molecular complexity index is 269. The molecule has 1 aliphatic heterocycles. The first kappa shape index (κ1) is 10.7. The van der Waals surface area contributed by atoms with E-state index in [9.17, 15) is 9.59 Å². The van der Waals surface area contributed by atoms with E-state index in [-0.39, 0.29) is 11.3 Å². The number of carbonyl (C=O) groups is 2. The molecule has 0 aromatic heterocycles. The molecule has 2 aliphatic rings. The van der Waals surface area contributed by atoms with Crippen molar-refractivity contribution in [2.45, 2.75) is 45.4 Å². The molecule has 84 valence electrons. The number of likely N-dealkylation sites (tertiary alicyclic amines) is 1. The molecule has 1 aliphatic carbocycles. The first-order valence-electron chi connectivity index (χ1n) is 5.93. The summed E-state index contributed by atoms with van der Waals surface area (Å²) in [5, 5.41) is 0. The van der Waals surface area contributed by atoms with Crippen LogP contribution in [0.2, 0.25) is 0 Å². The molecule has 1 saturated carbocycles. The minimum Gasteiger partial charge on any atom is -0.341 e. The van der Waals surface area contributed by atoms with Crippen LogP contribution in [0.15, 0.2) is 0 Å². The number of carbonyl (C=O) groups excluding carboxylic acids is 2. The molecule has 2 fully saturated rings. The fourth-order valence-electron chi connectivity index (χ4n) is 2.71. The predicted octanol–water partition coefficient (Wildman–Crippen LogP) is 1.76. The van der Waals surface area contributed by atoms with Gasteiger partial charge in [-0.2, -0.15) is 0 Å². The van der Waals surface area contributed by atoms with Gasteiger partial charge in [0, 0.05) is 31.3 Å². The molecular weight excluding hydrogens is 190 g/mol. The lowest BCUT2D eigenvalue weighted by Gasteiger charge is -2.33. The SMILES string of the molecule is CC1(C(=O)N2CCC(=O)CC2)CCCC1. The number of amides is 1. The summed E-state index contributed by atoms with van der Waals surface area (Å²) < 4.78 is 0. The Morgan fingerprint density at radius 3 is 2.27 bits per heavy atom. The van der Waals surface area contributed by atoms with Crippen LogP contribution in [0.25, 0.3) is 0 Å². The third-order valence-corrected chi connectivity index (χ3v) is 3.83. The van der Waals surface area contributed by atoms with Crippen molar-refractivity contribution in [2.24, 2.45) is 5.41 Å². The van der Waals surface area contributed by atoms with Gasteiger partial charge in [-0.15, -0.1) is 0 Å². The minimum atomic E-state index is -0.125. The van der Waals surface area contributed by atoms with Crippen LogP contribution in [-0.4, -0.2) is 29.7 Å². The summed E-state index contributed by atoms with van der Waals surface area (Å²) in [7, 11) is 0. The minimum absolute atomic E-state index is 0.125. The quantitative estimate of drug-likeness (QED) is 0.660. The smallest absolute Gasteiger partial charge is 0.228 e. The monoisotopic (exact) mass is 209 g/mol. The van der Waals surface area contributed by atoms with Gasteiger partial charge in [0.05, 0.1) is 0 Å².